The maximum Gasteiger partial charge on any atom is 0.128 e. The minimum Gasteiger partial charge on any atom is -0.103 e. The molecule has 0 bridgehead atoms. The number of alkyl halides is 4. The van der Waals surface area contributed by atoms with Crippen LogP contribution in [-0.4, -0.2) is 6.77 Å². The number of rotatable bonds is 1. The highest BCUT2D eigenvalue weighted by molar-refractivity contribution is 14.2. The zero-order valence-electron chi connectivity index (χ0n) is 2.67. The van der Waals surface area contributed by atoms with Gasteiger partial charge in [0.2, 0.25) is 0 Å². The summed E-state index contributed by atoms with van der Waals surface area (Å²) in [5.74, 6) is 0. The first-order valence-electron chi connectivity index (χ1n) is 1.21. The van der Waals surface area contributed by atoms with Crippen molar-refractivity contribution in [3.05, 3.63) is 0 Å². The van der Waals surface area contributed by atoms with Crippen LogP contribution in [0.3, 0.4) is 0 Å². The van der Waals surface area contributed by atoms with Crippen molar-refractivity contribution < 1.29 is 0 Å². The van der Waals surface area contributed by atoms with Crippen molar-refractivity contribution in [3.8, 4) is 0 Å². The SMILES string of the molecule is ClC(Cl)C(I)I. The van der Waals surface area contributed by atoms with Crippen LogP contribution in [0.15, 0.2) is 0 Å². The third kappa shape index (κ3) is 4.21. The van der Waals surface area contributed by atoms with Crippen LogP contribution in [0, 0.1) is 0 Å². The Balaban J connectivity index is 2.99. The molecule has 0 heterocycles. The Morgan fingerprint density at radius 1 is 1.17 bits per heavy atom. The summed E-state index contributed by atoms with van der Waals surface area (Å²) in [4.78, 5) is -0.230. The van der Waals surface area contributed by atoms with Crippen molar-refractivity contribution in [2.45, 2.75) is 6.77 Å². The van der Waals surface area contributed by atoms with Crippen LogP contribution in [0.1, 0.15) is 0 Å². The van der Waals surface area contributed by atoms with E-state index in [4.69, 9.17) is 23.2 Å². The average Bonchev–Trinajstić information content (AvgIpc) is 1.36. The molecule has 0 nitrogen and oxygen atoms in total. The van der Waals surface area contributed by atoms with Crippen LogP contribution in [0.2, 0.25) is 0 Å². The Hall–Kier alpha value is 2.04. The highest BCUT2D eigenvalue weighted by Crippen LogP contribution is 2.21. The van der Waals surface area contributed by atoms with E-state index in [1.165, 1.54) is 0 Å². The van der Waals surface area contributed by atoms with Gasteiger partial charge in [0.1, 0.15) is 4.84 Å². The summed E-state index contributed by atoms with van der Waals surface area (Å²) in [5.41, 5.74) is 0. The van der Waals surface area contributed by atoms with Crippen LogP contribution < -0.4 is 0 Å². The lowest BCUT2D eigenvalue weighted by molar-refractivity contribution is 1.42. The zero-order chi connectivity index (χ0) is 5.15. The molecule has 0 spiro atoms. The third-order valence-electron chi connectivity index (χ3n) is 0.190. The molecule has 0 aromatic carbocycles. The van der Waals surface area contributed by atoms with Crippen LogP contribution in [0.5, 0.6) is 0 Å². The molecule has 4 heteroatoms. The molecule has 0 aromatic rings. The van der Waals surface area contributed by atoms with E-state index in [-0.39, 0.29) is 4.84 Å². The van der Waals surface area contributed by atoms with Crippen molar-refractivity contribution >= 4 is 68.4 Å². The van der Waals surface area contributed by atoms with E-state index in [2.05, 4.69) is 45.2 Å². The van der Waals surface area contributed by atoms with Gasteiger partial charge in [0.25, 0.3) is 0 Å². The van der Waals surface area contributed by atoms with E-state index in [0.29, 0.717) is 1.93 Å². The molecule has 0 N–H and O–H groups in total. The van der Waals surface area contributed by atoms with Gasteiger partial charge in [-0.15, -0.1) is 23.2 Å². The topological polar surface area (TPSA) is 0 Å². The first kappa shape index (κ1) is 8.04. The van der Waals surface area contributed by atoms with Crippen molar-refractivity contribution in [2.24, 2.45) is 0 Å². The zero-order valence-corrected chi connectivity index (χ0v) is 8.49. The van der Waals surface area contributed by atoms with Gasteiger partial charge in [-0.1, -0.05) is 45.2 Å². The second-order valence-electron chi connectivity index (χ2n) is 0.669. The Morgan fingerprint density at radius 3 is 1.33 bits per heavy atom. The maximum atomic E-state index is 5.36. The summed E-state index contributed by atoms with van der Waals surface area (Å²) >= 11 is 15.0. The monoisotopic (exact) mass is 350 g/mol. The van der Waals surface area contributed by atoms with Gasteiger partial charge in [-0.05, 0) is 0 Å². The molecule has 0 aliphatic carbocycles. The van der Waals surface area contributed by atoms with Crippen LogP contribution in [0.4, 0.5) is 0 Å². The summed E-state index contributed by atoms with van der Waals surface area (Å²) in [6.07, 6.45) is 0. The molecule has 0 aliphatic heterocycles. The average molecular weight is 351 g/mol. The summed E-state index contributed by atoms with van der Waals surface area (Å²) in [6.45, 7) is 0. The molecule has 0 aromatic heterocycles. The van der Waals surface area contributed by atoms with Gasteiger partial charge in [0, 0.05) is 0 Å². The normalized spacial score (nSPS) is 11.0. The molecule has 0 aliphatic rings. The molecule has 0 rings (SSSR count). The predicted octanol–water partition coefficient (Wildman–Crippen LogP) is 2.99. The number of hydrogen-bond donors (Lipinski definition) is 0. The van der Waals surface area contributed by atoms with Gasteiger partial charge in [0.15, 0.2) is 0 Å². The number of halogens is 4. The Labute approximate surface area is 74.2 Å². The van der Waals surface area contributed by atoms with E-state index < -0.39 is 0 Å². The molecule has 0 saturated heterocycles. The number of hydrogen-bond acceptors (Lipinski definition) is 0. The van der Waals surface area contributed by atoms with E-state index in [1.807, 2.05) is 0 Å². The quantitative estimate of drug-likeness (QED) is 0.504. The van der Waals surface area contributed by atoms with Crippen LogP contribution in [-0.2, 0) is 0 Å². The first-order valence-corrected chi connectivity index (χ1v) is 4.57. The second-order valence-corrected chi connectivity index (χ2v) is 6.90. The Morgan fingerprint density at radius 2 is 1.33 bits per heavy atom. The summed E-state index contributed by atoms with van der Waals surface area (Å²) in [6, 6.07) is 0. The molecule has 0 fully saturated rings. The highest BCUT2D eigenvalue weighted by atomic mass is 127. The molecule has 6 heavy (non-hydrogen) atoms. The summed E-state index contributed by atoms with van der Waals surface area (Å²) in [7, 11) is 0. The summed E-state index contributed by atoms with van der Waals surface area (Å²) in [5, 5.41) is 0. The Kier molecular flexibility index (Phi) is 5.32. The van der Waals surface area contributed by atoms with E-state index in [9.17, 15) is 0 Å². The molecular weight excluding hydrogens is 349 g/mol. The van der Waals surface area contributed by atoms with Crippen molar-refractivity contribution in [1.29, 1.82) is 0 Å². The molecule has 0 radical (unpaired) electrons. The van der Waals surface area contributed by atoms with E-state index in [0.717, 1.165) is 0 Å². The van der Waals surface area contributed by atoms with Gasteiger partial charge in [-0.25, -0.2) is 0 Å². The minimum absolute atomic E-state index is 0.230. The lowest BCUT2D eigenvalue weighted by Gasteiger charge is -1.96. The Bertz CT molecular complexity index is 30.5. The molecule has 0 atom stereocenters. The van der Waals surface area contributed by atoms with Gasteiger partial charge in [-0.2, -0.15) is 0 Å². The molecule has 0 saturated carbocycles. The van der Waals surface area contributed by atoms with Gasteiger partial charge in [-0.3, -0.25) is 0 Å². The van der Waals surface area contributed by atoms with Crippen molar-refractivity contribution in [2.75, 3.05) is 0 Å². The standard InChI is InChI=1S/C2H2Cl2I2/c3-1(4)2(5)6/h1-2H. The minimum atomic E-state index is -0.230. The maximum absolute atomic E-state index is 5.36. The fourth-order valence-corrected chi connectivity index (χ4v) is 0. The van der Waals surface area contributed by atoms with Crippen molar-refractivity contribution in [1.82, 2.24) is 0 Å². The fraction of sp³-hybridized carbons (Fsp3) is 1.00. The predicted molar refractivity (Wildman–Crippen MR) is 47.3 cm³/mol. The largest absolute Gasteiger partial charge is 0.128 e. The lowest BCUT2D eigenvalue weighted by atomic mass is 11.0. The smallest absolute Gasteiger partial charge is 0.103 e. The van der Waals surface area contributed by atoms with Gasteiger partial charge in [0.05, 0.1) is 1.93 Å². The second kappa shape index (κ2) is 3.97. The van der Waals surface area contributed by atoms with Crippen molar-refractivity contribution in [3.63, 3.8) is 0 Å². The first-order chi connectivity index (χ1) is 2.64. The van der Waals surface area contributed by atoms with E-state index >= 15 is 0 Å². The summed E-state index contributed by atoms with van der Waals surface area (Å²) < 4.78 is 0.323. The lowest BCUT2D eigenvalue weighted by Crippen LogP contribution is -1.94. The van der Waals surface area contributed by atoms with E-state index in [1.54, 1.807) is 0 Å². The van der Waals surface area contributed by atoms with Gasteiger partial charge < -0.3 is 0 Å². The van der Waals surface area contributed by atoms with Crippen LogP contribution in [0.25, 0.3) is 0 Å². The third-order valence-corrected chi connectivity index (χ3v) is 3.83. The highest BCUT2D eigenvalue weighted by Gasteiger charge is 2.05. The molecule has 0 amide bonds. The molecule has 38 valence electrons. The molecular formula is C2H2Cl2I2. The molecule has 0 unspecified atom stereocenters. The van der Waals surface area contributed by atoms with Gasteiger partial charge >= 0.3 is 0 Å². The fourth-order valence-electron chi connectivity index (χ4n) is 0. The van der Waals surface area contributed by atoms with Crippen LogP contribution >= 0.6 is 68.4 Å².